The molecule has 3 aromatic rings. The Labute approximate surface area is 223 Å². The number of hydrogen-bond acceptors (Lipinski definition) is 6. The standard InChI is InChI=1S/C28H28F3N5O3/c29-28(30,31)21-3-1-2-19(14-21)15-26(37)35-12-9-25(10-13-35)39-24-6-4-22(5-7-24)34-27(38)20-17-36(18-20)23-8-11-32-33-16-23/h1-8,11,14,16,20,25H,9-10,12-13,15,17-18H2,(H,34,38). The fraction of sp³-hybridized carbons (Fsp3) is 0.357. The molecule has 0 unspecified atom stereocenters. The van der Waals surface area contributed by atoms with Crippen molar-refractivity contribution in [3.8, 4) is 5.75 Å². The first-order valence-corrected chi connectivity index (χ1v) is 12.8. The Morgan fingerprint density at radius 3 is 2.41 bits per heavy atom. The minimum atomic E-state index is -4.43. The molecule has 204 valence electrons. The largest absolute Gasteiger partial charge is 0.490 e. The summed E-state index contributed by atoms with van der Waals surface area (Å²) in [5, 5.41) is 10.6. The van der Waals surface area contributed by atoms with Crippen LogP contribution in [0.5, 0.6) is 5.75 Å². The van der Waals surface area contributed by atoms with Crippen molar-refractivity contribution in [2.75, 3.05) is 36.4 Å². The van der Waals surface area contributed by atoms with E-state index in [0.717, 1.165) is 17.8 Å². The summed E-state index contributed by atoms with van der Waals surface area (Å²) in [6, 6.07) is 14.0. The van der Waals surface area contributed by atoms with Gasteiger partial charge in [0.25, 0.3) is 0 Å². The van der Waals surface area contributed by atoms with Gasteiger partial charge in [-0.15, -0.1) is 0 Å². The number of ether oxygens (including phenoxy) is 1. The summed E-state index contributed by atoms with van der Waals surface area (Å²) < 4.78 is 44.9. The van der Waals surface area contributed by atoms with Gasteiger partial charge >= 0.3 is 6.18 Å². The summed E-state index contributed by atoms with van der Waals surface area (Å²) in [5.74, 6) is 0.335. The van der Waals surface area contributed by atoms with Crippen LogP contribution in [0.15, 0.2) is 67.0 Å². The Balaban J connectivity index is 1.04. The third kappa shape index (κ3) is 6.65. The highest BCUT2D eigenvalue weighted by Gasteiger charge is 2.33. The number of aromatic nitrogens is 2. The van der Waals surface area contributed by atoms with Crippen LogP contribution >= 0.6 is 0 Å². The number of anilines is 2. The molecule has 8 nitrogen and oxygen atoms in total. The maximum absolute atomic E-state index is 12.9. The summed E-state index contributed by atoms with van der Waals surface area (Å²) in [5.41, 5.74) is 1.23. The predicted octanol–water partition coefficient (Wildman–Crippen LogP) is 4.18. The van der Waals surface area contributed by atoms with Crippen molar-refractivity contribution in [2.45, 2.75) is 31.5 Å². The van der Waals surface area contributed by atoms with Gasteiger partial charge in [0.2, 0.25) is 11.8 Å². The van der Waals surface area contributed by atoms with E-state index in [1.165, 1.54) is 12.1 Å². The molecule has 2 aliphatic rings. The first-order chi connectivity index (χ1) is 18.7. The molecule has 2 amide bonds. The molecule has 11 heteroatoms. The highest BCUT2D eigenvalue weighted by atomic mass is 19.4. The fourth-order valence-electron chi connectivity index (χ4n) is 4.75. The maximum Gasteiger partial charge on any atom is 0.416 e. The molecule has 2 aliphatic heterocycles. The number of alkyl halides is 3. The zero-order chi connectivity index (χ0) is 27.4. The minimum Gasteiger partial charge on any atom is -0.490 e. The summed E-state index contributed by atoms with van der Waals surface area (Å²) in [4.78, 5) is 28.9. The fourth-order valence-corrected chi connectivity index (χ4v) is 4.75. The minimum absolute atomic E-state index is 0.0379. The Morgan fingerprint density at radius 2 is 1.74 bits per heavy atom. The van der Waals surface area contributed by atoms with Crippen molar-refractivity contribution in [1.29, 1.82) is 0 Å². The number of amides is 2. The third-order valence-corrected chi connectivity index (χ3v) is 7.02. The molecule has 0 bridgehead atoms. The van der Waals surface area contributed by atoms with Gasteiger partial charge in [0.05, 0.1) is 36.0 Å². The van der Waals surface area contributed by atoms with Crippen LogP contribution in [0.4, 0.5) is 24.5 Å². The third-order valence-electron chi connectivity index (χ3n) is 7.02. The van der Waals surface area contributed by atoms with Crippen molar-refractivity contribution in [3.63, 3.8) is 0 Å². The van der Waals surface area contributed by atoms with E-state index >= 15 is 0 Å². The van der Waals surface area contributed by atoms with Crippen LogP contribution in [0, 0.1) is 5.92 Å². The molecule has 0 atom stereocenters. The van der Waals surface area contributed by atoms with Gasteiger partial charge in [-0.1, -0.05) is 18.2 Å². The number of likely N-dealkylation sites (tertiary alicyclic amines) is 1. The van der Waals surface area contributed by atoms with Crippen molar-refractivity contribution in [2.24, 2.45) is 5.92 Å². The topological polar surface area (TPSA) is 87.7 Å². The lowest BCUT2D eigenvalue weighted by Gasteiger charge is -2.39. The number of carbonyl (C=O) groups is 2. The Kier molecular flexibility index (Phi) is 7.67. The average Bonchev–Trinajstić information content (AvgIpc) is 2.90. The summed E-state index contributed by atoms with van der Waals surface area (Å²) in [6.45, 7) is 2.20. The Morgan fingerprint density at radius 1 is 1.00 bits per heavy atom. The van der Waals surface area contributed by atoms with E-state index in [-0.39, 0.29) is 30.3 Å². The highest BCUT2D eigenvalue weighted by molar-refractivity contribution is 5.94. The monoisotopic (exact) mass is 539 g/mol. The van der Waals surface area contributed by atoms with E-state index in [1.807, 2.05) is 6.07 Å². The molecule has 3 heterocycles. The number of rotatable bonds is 7. The molecule has 1 N–H and O–H groups in total. The van der Waals surface area contributed by atoms with E-state index < -0.39 is 11.7 Å². The van der Waals surface area contributed by atoms with Crippen LogP contribution < -0.4 is 15.0 Å². The molecule has 2 fully saturated rings. The number of piperidine rings is 1. The van der Waals surface area contributed by atoms with Crippen molar-refractivity contribution < 1.29 is 27.5 Å². The van der Waals surface area contributed by atoms with Gasteiger partial charge in [-0.2, -0.15) is 23.4 Å². The lowest BCUT2D eigenvalue weighted by atomic mass is 9.98. The summed E-state index contributed by atoms with van der Waals surface area (Å²) >= 11 is 0. The molecule has 5 rings (SSSR count). The molecular formula is C28H28F3N5O3. The molecule has 0 saturated carbocycles. The molecule has 2 saturated heterocycles. The van der Waals surface area contributed by atoms with Crippen LogP contribution in [-0.4, -0.2) is 59.2 Å². The molecule has 0 spiro atoms. The normalized spacial score (nSPS) is 16.5. The van der Waals surface area contributed by atoms with Gasteiger partial charge in [0.1, 0.15) is 11.9 Å². The van der Waals surface area contributed by atoms with Gasteiger partial charge in [-0.25, -0.2) is 0 Å². The number of nitrogens with one attached hydrogen (secondary N) is 1. The second-order valence-corrected chi connectivity index (χ2v) is 9.79. The molecule has 0 aliphatic carbocycles. The van der Waals surface area contributed by atoms with Gasteiger partial charge < -0.3 is 19.9 Å². The zero-order valence-corrected chi connectivity index (χ0v) is 21.1. The van der Waals surface area contributed by atoms with E-state index in [2.05, 4.69) is 20.4 Å². The van der Waals surface area contributed by atoms with Crippen LogP contribution in [0.3, 0.4) is 0 Å². The highest BCUT2D eigenvalue weighted by Crippen LogP contribution is 2.30. The van der Waals surface area contributed by atoms with Gasteiger partial charge in [0.15, 0.2) is 0 Å². The zero-order valence-electron chi connectivity index (χ0n) is 21.1. The van der Waals surface area contributed by atoms with Crippen molar-refractivity contribution >= 4 is 23.2 Å². The van der Waals surface area contributed by atoms with E-state index in [4.69, 9.17) is 4.74 Å². The lowest BCUT2D eigenvalue weighted by Crippen LogP contribution is -2.52. The van der Waals surface area contributed by atoms with Crippen LogP contribution in [0.2, 0.25) is 0 Å². The molecule has 0 radical (unpaired) electrons. The lowest BCUT2D eigenvalue weighted by molar-refractivity contribution is -0.138. The molecule has 2 aromatic carbocycles. The predicted molar refractivity (Wildman–Crippen MR) is 138 cm³/mol. The SMILES string of the molecule is O=C(Nc1ccc(OC2CCN(C(=O)Cc3cccc(C(F)(F)F)c3)CC2)cc1)C1CN(c2ccnnc2)C1. The van der Waals surface area contributed by atoms with Gasteiger partial charge in [-0.3, -0.25) is 9.59 Å². The Bertz CT molecular complexity index is 1290. The second-order valence-electron chi connectivity index (χ2n) is 9.79. The maximum atomic E-state index is 12.9. The number of halogens is 3. The molecule has 1 aromatic heterocycles. The van der Waals surface area contributed by atoms with Gasteiger partial charge in [-0.05, 0) is 42.0 Å². The number of benzene rings is 2. The first kappa shape index (κ1) is 26.5. The van der Waals surface area contributed by atoms with E-state index in [0.29, 0.717) is 56.0 Å². The quantitative estimate of drug-likeness (QED) is 0.485. The second kappa shape index (κ2) is 11.3. The Hall–Kier alpha value is -4.15. The summed E-state index contributed by atoms with van der Waals surface area (Å²) in [6.07, 6.45) is -0.0319. The smallest absolute Gasteiger partial charge is 0.416 e. The number of nitrogens with zero attached hydrogens (tertiary/aromatic N) is 4. The molecule has 39 heavy (non-hydrogen) atoms. The van der Waals surface area contributed by atoms with E-state index in [1.54, 1.807) is 41.6 Å². The number of carbonyl (C=O) groups excluding carboxylic acids is 2. The van der Waals surface area contributed by atoms with Crippen molar-refractivity contribution in [3.05, 3.63) is 78.1 Å². The number of hydrogen-bond donors (Lipinski definition) is 1. The van der Waals surface area contributed by atoms with Crippen LogP contribution in [-0.2, 0) is 22.2 Å². The summed E-state index contributed by atoms with van der Waals surface area (Å²) in [7, 11) is 0. The van der Waals surface area contributed by atoms with Gasteiger partial charge in [0, 0.05) is 44.7 Å². The average molecular weight is 540 g/mol. The van der Waals surface area contributed by atoms with Crippen LogP contribution in [0.1, 0.15) is 24.0 Å². The first-order valence-electron chi connectivity index (χ1n) is 12.8. The molecular weight excluding hydrogens is 511 g/mol. The van der Waals surface area contributed by atoms with E-state index in [9.17, 15) is 22.8 Å². The van der Waals surface area contributed by atoms with Crippen LogP contribution in [0.25, 0.3) is 0 Å². The van der Waals surface area contributed by atoms with Crippen molar-refractivity contribution in [1.82, 2.24) is 15.1 Å².